The molecule has 0 atom stereocenters. The van der Waals surface area contributed by atoms with E-state index in [4.69, 9.17) is 21.1 Å². The van der Waals surface area contributed by atoms with E-state index in [0.29, 0.717) is 18.0 Å². The molecule has 0 aromatic carbocycles. The lowest BCUT2D eigenvalue weighted by molar-refractivity contribution is 0.0464. The van der Waals surface area contributed by atoms with Gasteiger partial charge in [0, 0.05) is 27.1 Å². The number of aromatic nitrogens is 4. The van der Waals surface area contributed by atoms with E-state index in [2.05, 4.69) is 34.6 Å². The molecule has 2 rings (SSSR count). The second-order valence-corrected chi connectivity index (χ2v) is 12.7. The topological polar surface area (TPSA) is 79.1 Å². The molecule has 136 valence electrons. The van der Waals surface area contributed by atoms with Gasteiger partial charge in [-0.25, -0.2) is 19.7 Å². The van der Waals surface area contributed by atoms with Crippen LogP contribution in [-0.4, -0.2) is 46.8 Å². The Morgan fingerprint density at radius 3 is 2.68 bits per heavy atom. The minimum Gasteiger partial charge on any atom is -0.460 e. The molecular formula is C16H23ClN4O3Si. The average molecular weight is 383 g/mol. The standard InChI is InChI=1S/C16H23ClN4O3Si/c1-5-24-15(22)14-19-13(12-6-7-18-16(17)20-12)10-21(14)11-23-8-9-25(2,3)4/h6-7,10H,5,8-9,11H2,1-4H3. The van der Waals surface area contributed by atoms with Crippen LogP contribution in [0.3, 0.4) is 0 Å². The zero-order chi connectivity index (χ0) is 18.4. The Morgan fingerprint density at radius 2 is 2.04 bits per heavy atom. The number of imidazole rings is 1. The third kappa shape index (κ3) is 5.91. The Morgan fingerprint density at radius 1 is 1.28 bits per heavy atom. The van der Waals surface area contributed by atoms with Gasteiger partial charge in [0.1, 0.15) is 12.4 Å². The van der Waals surface area contributed by atoms with E-state index < -0.39 is 14.0 Å². The van der Waals surface area contributed by atoms with Gasteiger partial charge in [-0.2, -0.15) is 0 Å². The monoisotopic (exact) mass is 382 g/mol. The molecule has 0 saturated heterocycles. The predicted octanol–water partition coefficient (Wildman–Crippen LogP) is 3.48. The number of halogens is 1. The minimum atomic E-state index is -1.17. The van der Waals surface area contributed by atoms with Crippen LogP contribution in [0, 0.1) is 0 Å². The van der Waals surface area contributed by atoms with E-state index in [9.17, 15) is 4.79 Å². The number of carbonyl (C=O) groups is 1. The molecular weight excluding hydrogens is 360 g/mol. The van der Waals surface area contributed by atoms with Gasteiger partial charge >= 0.3 is 5.97 Å². The normalized spacial score (nSPS) is 11.6. The van der Waals surface area contributed by atoms with E-state index >= 15 is 0 Å². The summed E-state index contributed by atoms with van der Waals surface area (Å²) < 4.78 is 12.4. The molecule has 0 saturated carbocycles. The second-order valence-electron chi connectivity index (χ2n) is 6.70. The summed E-state index contributed by atoms with van der Waals surface area (Å²) in [4.78, 5) is 24.5. The van der Waals surface area contributed by atoms with Crippen molar-refractivity contribution in [3.8, 4) is 11.4 Å². The first-order valence-corrected chi connectivity index (χ1v) is 12.2. The van der Waals surface area contributed by atoms with Crippen molar-refractivity contribution in [3.05, 3.63) is 29.6 Å². The first kappa shape index (κ1) is 19.6. The van der Waals surface area contributed by atoms with Crippen molar-refractivity contribution in [1.29, 1.82) is 0 Å². The van der Waals surface area contributed by atoms with Crippen LogP contribution >= 0.6 is 11.6 Å². The van der Waals surface area contributed by atoms with Gasteiger partial charge in [-0.3, -0.25) is 0 Å². The summed E-state index contributed by atoms with van der Waals surface area (Å²) in [5.74, 6) is -0.317. The molecule has 2 aromatic rings. The molecule has 0 N–H and O–H groups in total. The maximum atomic E-state index is 12.2. The van der Waals surface area contributed by atoms with Crippen LogP contribution in [0.25, 0.3) is 11.4 Å². The fraction of sp³-hybridized carbons (Fsp3) is 0.500. The number of rotatable bonds is 8. The van der Waals surface area contributed by atoms with Gasteiger partial charge in [0.15, 0.2) is 0 Å². The van der Waals surface area contributed by atoms with Gasteiger partial charge in [0.25, 0.3) is 0 Å². The minimum absolute atomic E-state index is 0.121. The van der Waals surface area contributed by atoms with Gasteiger partial charge in [-0.05, 0) is 30.6 Å². The van der Waals surface area contributed by atoms with Crippen LogP contribution in [-0.2, 0) is 16.2 Å². The molecule has 7 nitrogen and oxygen atoms in total. The number of esters is 1. The molecule has 9 heteroatoms. The summed E-state index contributed by atoms with van der Waals surface area (Å²) in [7, 11) is -1.17. The highest BCUT2D eigenvalue weighted by molar-refractivity contribution is 6.76. The summed E-state index contributed by atoms with van der Waals surface area (Å²) in [5.41, 5.74) is 1.05. The molecule has 0 spiro atoms. The van der Waals surface area contributed by atoms with Gasteiger partial charge in [0.05, 0.1) is 12.3 Å². The molecule has 0 aliphatic rings. The Kier molecular flexibility index (Phi) is 6.69. The summed E-state index contributed by atoms with van der Waals surface area (Å²) in [6.07, 6.45) is 3.25. The van der Waals surface area contributed by atoms with Crippen molar-refractivity contribution in [1.82, 2.24) is 19.5 Å². The molecule has 0 radical (unpaired) electrons. The number of ether oxygens (including phenoxy) is 2. The largest absolute Gasteiger partial charge is 0.460 e. The van der Waals surface area contributed by atoms with Crippen molar-refractivity contribution in [2.45, 2.75) is 39.3 Å². The van der Waals surface area contributed by atoms with Gasteiger partial charge in [-0.15, -0.1) is 0 Å². The van der Waals surface area contributed by atoms with Crippen molar-refractivity contribution < 1.29 is 14.3 Å². The van der Waals surface area contributed by atoms with E-state index in [0.717, 1.165) is 6.04 Å². The number of carbonyl (C=O) groups excluding carboxylic acids is 1. The first-order valence-electron chi connectivity index (χ1n) is 8.11. The maximum absolute atomic E-state index is 12.2. The van der Waals surface area contributed by atoms with Gasteiger partial charge < -0.3 is 14.0 Å². The molecule has 0 amide bonds. The summed E-state index contributed by atoms with van der Waals surface area (Å²) in [6, 6.07) is 2.73. The third-order valence-corrected chi connectivity index (χ3v) is 5.24. The molecule has 0 bridgehead atoms. The van der Waals surface area contributed by atoms with E-state index in [-0.39, 0.29) is 24.4 Å². The lowest BCUT2D eigenvalue weighted by Gasteiger charge is -2.15. The predicted molar refractivity (Wildman–Crippen MR) is 98.3 cm³/mol. The van der Waals surface area contributed by atoms with E-state index in [1.807, 2.05) is 0 Å². The molecule has 0 unspecified atom stereocenters. The van der Waals surface area contributed by atoms with Crippen molar-refractivity contribution in [2.24, 2.45) is 0 Å². The fourth-order valence-corrected chi connectivity index (χ4v) is 2.92. The molecule has 2 heterocycles. The number of hydrogen-bond donors (Lipinski definition) is 0. The van der Waals surface area contributed by atoms with Crippen molar-refractivity contribution >= 4 is 25.6 Å². The maximum Gasteiger partial charge on any atom is 0.374 e. The Hall–Kier alpha value is -1.77. The number of hydrogen-bond acceptors (Lipinski definition) is 6. The first-order chi connectivity index (χ1) is 11.8. The fourth-order valence-electron chi connectivity index (χ4n) is 2.02. The van der Waals surface area contributed by atoms with E-state index in [1.165, 1.54) is 6.20 Å². The zero-order valence-electron chi connectivity index (χ0n) is 15.0. The lowest BCUT2D eigenvalue weighted by atomic mass is 10.3. The molecule has 0 aliphatic carbocycles. The zero-order valence-corrected chi connectivity index (χ0v) is 16.7. The van der Waals surface area contributed by atoms with Gasteiger partial charge in [0.2, 0.25) is 11.1 Å². The highest BCUT2D eigenvalue weighted by Gasteiger charge is 2.19. The molecule has 0 fully saturated rings. The average Bonchev–Trinajstić information content (AvgIpc) is 2.95. The van der Waals surface area contributed by atoms with Gasteiger partial charge in [-0.1, -0.05) is 19.6 Å². The number of nitrogens with zero attached hydrogens (tertiary/aromatic N) is 4. The highest BCUT2D eigenvalue weighted by Crippen LogP contribution is 2.18. The SMILES string of the molecule is CCOC(=O)c1nc(-c2ccnc(Cl)n2)cn1COCC[Si](C)(C)C. The molecule has 2 aromatic heterocycles. The van der Waals surface area contributed by atoms with Crippen LogP contribution in [0.4, 0.5) is 0 Å². The molecule has 0 aliphatic heterocycles. The smallest absolute Gasteiger partial charge is 0.374 e. The molecule has 25 heavy (non-hydrogen) atoms. The third-order valence-electron chi connectivity index (χ3n) is 3.35. The summed E-state index contributed by atoms with van der Waals surface area (Å²) in [5, 5.41) is 0.121. The quantitative estimate of drug-likeness (QED) is 0.301. The van der Waals surface area contributed by atoms with Crippen LogP contribution < -0.4 is 0 Å². The van der Waals surface area contributed by atoms with Crippen LogP contribution in [0.15, 0.2) is 18.5 Å². The lowest BCUT2D eigenvalue weighted by Crippen LogP contribution is -2.22. The Labute approximate surface area is 153 Å². The Bertz CT molecular complexity index is 730. The van der Waals surface area contributed by atoms with E-state index in [1.54, 1.807) is 23.8 Å². The van der Waals surface area contributed by atoms with Crippen molar-refractivity contribution in [3.63, 3.8) is 0 Å². The van der Waals surface area contributed by atoms with Crippen LogP contribution in [0.1, 0.15) is 17.5 Å². The highest BCUT2D eigenvalue weighted by atomic mass is 35.5. The summed E-state index contributed by atoms with van der Waals surface area (Å²) in [6.45, 7) is 9.75. The van der Waals surface area contributed by atoms with Crippen molar-refractivity contribution in [2.75, 3.05) is 13.2 Å². The second kappa shape index (κ2) is 8.55. The van der Waals surface area contributed by atoms with Crippen LogP contribution in [0.2, 0.25) is 31.0 Å². The summed E-state index contributed by atoms with van der Waals surface area (Å²) >= 11 is 5.83. The Balaban J connectivity index is 2.19. The van der Waals surface area contributed by atoms with Crippen LogP contribution in [0.5, 0.6) is 0 Å².